The molecule has 4 heteroatoms. The lowest BCUT2D eigenvalue weighted by molar-refractivity contribution is 0.619. The molecule has 0 aliphatic rings. The van der Waals surface area contributed by atoms with Gasteiger partial charge in [0.25, 0.3) is 0 Å². The van der Waals surface area contributed by atoms with E-state index in [1.54, 1.807) is 19.1 Å². The highest BCUT2D eigenvalue weighted by Gasteiger charge is 2.08. The largest absolute Gasteiger partial charge is 0.332 e. The maximum atomic E-state index is 13.5. The van der Waals surface area contributed by atoms with Crippen molar-refractivity contribution < 1.29 is 4.39 Å². The summed E-state index contributed by atoms with van der Waals surface area (Å²) in [5.41, 5.74) is 5.71. The summed E-state index contributed by atoms with van der Waals surface area (Å²) in [6.45, 7) is 7.87. The molecule has 0 unspecified atom stereocenters. The van der Waals surface area contributed by atoms with E-state index in [1.165, 1.54) is 11.6 Å². The van der Waals surface area contributed by atoms with Crippen LogP contribution in [0.1, 0.15) is 22.3 Å². The summed E-state index contributed by atoms with van der Waals surface area (Å²) in [4.78, 5) is 0. The number of nitrogens with one attached hydrogen (secondary N) is 2. The quantitative estimate of drug-likeness (QED) is 0.774. The molecule has 0 atom stereocenters. The maximum Gasteiger partial charge on any atom is 0.175 e. The zero-order chi connectivity index (χ0) is 15.6. The molecule has 0 fully saturated rings. The van der Waals surface area contributed by atoms with Gasteiger partial charge in [0.2, 0.25) is 0 Å². The molecule has 0 bridgehead atoms. The Kier molecular flexibility index (Phi) is 4.58. The Balaban J connectivity index is 2.18. The average Bonchev–Trinajstić information content (AvgIpc) is 2.39. The van der Waals surface area contributed by atoms with Crippen LogP contribution in [0.15, 0.2) is 30.3 Å². The summed E-state index contributed by atoms with van der Waals surface area (Å²) in [7, 11) is 0. The van der Waals surface area contributed by atoms with Gasteiger partial charge in [0.1, 0.15) is 5.82 Å². The molecule has 0 aliphatic heterocycles. The predicted octanol–water partition coefficient (Wildman–Crippen LogP) is 4.87. The molecule has 2 N–H and O–H groups in total. The predicted molar refractivity (Wildman–Crippen MR) is 91.6 cm³/mol. The third-order valence-corrected chi connectivity index (χ3v) is 3.64. The maximum absolute atomic E-state index is 13.5. The normalized spacial score (nSPS) is 10.3. The van der Waals surface area contributed by atoms with Crippen molar-refractivity contribution in [3.05, 3.63) is 58.4 Å². The van der Waals surface area contributed by atoms with Gasteiger partial charge in [0.15, 0.2) is 5.11 Å². The molecule has 2 aromatic rings. The topological polar surface area (TPSA) is 24.1 Å². The molecule has 0 saturated heterocycles. The van der Waals surface area contributed by atoms with Gasteiger partial charge in [-0.1, -0.05) is 23.8 Å². The van der Waals surface area contributed by atoms with E-state index in [2.05, 4.69) is 29.7 Å². The number of aryl methyl sites for hydroxylation is 3. The van der Waals surface area contributed by atoms with Gasteiger partial charge in [0.05, 0.1) is 0 Å². The highest BCUT2D eigenvalue weighted by atomic mass is 32.1. The number of anilines is 2. The molecular weight excluding hydrogens is 283 g/mol. The Labute approximate surface area is 130 Å². The Hall–Kier alpha value is -1.94. The lowest BCUT2D eigenvalue weighted by Crippen LogP contribution is -2.21. The van der Waals surface area contributed by atoms with E-state index in [0.717, 1.165) is 16.8 Å². The molecule has 21 heavy (non-hydrogen) atoms. The fraction of sp³-hybridized carbons (Fsp3) is 0.235. The van der Waals surface area contributed by atoms with Crippen LogP contribution in [0.25, 0.3) is 0 Å². The van der Waals surface area contributed by atoms with Crippen LogP contribution in [-0.2, 0) is 0 Å². The molecule has 0 aliphatic carbocycles. The van der Waals surface area contributed by atoms with Crippen molar-refractivity contribution in [1.29, 1.82) is 0 Å². The minimum Gasteiger partial charge on any atom is -0.332 e. The standard InChI is InChI=1S/C17H19FN2S/c1-10-8-11(2)16(12(3)9-10)20-17(21)19-15-7-5-6-14(18)13(15)4/h5-9H,1-4H3,(H2,19,20,21). The first-order valence-electron chi connectivity index (χ1n) is 6.79. The number of rotatable bonds is 2. The minimum atomic E-state index is -0.245. The Morgan fingerprint density at radius 2 is 1.62 bits per heavy atom. The molecule has 0 saturated carbocycles. The molecule has 2 rings (SSSR count). The lowest BCUT2D eigenvalue weighted by Gasteiger charge is -2.16. The van der Waals surface area contributed by atoms with Crippen molar-refractivity contribution in [2.24, 2.45) is 0 Å². The van der Waals surface area contributed by atoms with E-state index >= 15 is 0 Å². The summed E-state index contributed by atoms with van der Waals surface area (Å²) in [6, 6.07) is 9.11. The van der Waals surface area contributed by atoms with Crippen LogP contribution in [0.3, 0.4) is 0 Å². The first kappa shape index (κ1) is 15.4. The molecule has 0 aromatic heterocycles. The van der Waals surface area contributed by atoms with E-state index in [9.17, 15) is 4.39 Å². The second-order valence-electron chi connectivity index (χ2n) is 5.27. The molecule has 110 valence electrons. The molecule has 0 radical (unpaired) electrons. The highest BCUT2D eigenvalue weighted by Crippen LogP contribution is 2.23. The Morgan fingerprint density at radius 3 is 2.24 bits per heavy atom. The molecular formula is C17H19FN2S. The smallest absolute Gasteiger partial charge is 0.175 e. The van der Waals surface area contributed by atoms with Crippen LogP contribution in [0, 0.1) is 33.5 Å². The Bertz CT molecular complexity index is 672. The first-order valence-corrected chi connectivity index (χ1v) is 7.20. The third kappa shape index (κ3) is 3.58. The zero-order valence-corrected chi connectivity index (χ0v) is 13.5. The molecule has 0 amide bonds. The first-order chi connectivity index (χ1) is 9.88. The van der Waals surface area contributed by atoms with Gasteiger partial charge in [0, 0.05) is 16.9 Å². The number of hydrogen-bond acceptors (Lipinski definition) is 1. The summed E-state index contributed by atoms with van der Waals surface area (Å²) < 4.78 is 13.5. The average molecular weight is 302 g/mol. The third-order valence-electron chi connectivity index (χ3n) is 3.43. The van der Waals surface area contributed by atoms with E-state index in [4.69, 9.17) is 12.2 Å². The fourth-order valence-corrected chi connectivity index (χ4v) is 2.60. The number of benzene rings is 2. The van der Waals surface area contributed by atoms with E-state index < -0.39 is 0 Å². The number of halogens is 1. The van der Waals surface area contributed by atoms with Crippen LogP contribution < -0.4 is 10.6 Å². The zero-order valence-electron chi connectivity index (χ0n) is 12.7. The van der Waals surface area contributed by atoms with Crippen LogP contribution in [0.2, 0.25) is 0 Å². The SMILES string of the molecule is Cc1cc(C)c(NC(=S)Nc2cccc(F)c2C)c(C)c1. The van der Waals surface area contributed by atoms with Gasteiger partial charge in [-0.2, -0.15) is 0 Å². The van der Waals surface area contributed by atoms with Gasteiger partial charge in [-0.15, -0.1) is 0 Å². The van der Waals surface area contributed by atoms with Crippen molar-refractivity contribution in [1.82, 2.24) is 0 Å². The molecule has 2 nitrogen and oxygen atoms in total. The van der Waals surface area contributed by atoms with Gasteiger partial charge >= 0.3 is 0 Å². The summed E-state index contributed by atoms with van der Waals surface area (Å²) in [5.74, 6) is -0.245. The number of hydrogen-bond donors (Lipinski definition) is 2. The monoisotopic (exact) mass is 302 g/mol. The second kappa shape index (κ2) is 6.22. The van der Waals surface area contributed by atoms with Crippen LogP contribution in [0.5, 0.6) is 0 Å². The van der Waals surface area contributed by atoms with Gasteiger partial charge in [-0.25, -0.2) is 4.39 Å². The minimum absolute atomic E-state index is 0.245. The van der Waals surface area contributed by atoms with Gasteiger partial charge in [-0.3, -0.25) is 0 Å². The van der Waals surface area contributed by atoms with E-state index in [-0.39, 0.29) is 5.82 Å². The molecule has 2 aromatic carbocycles. The highest BCUT2D eigenvalue weighted by molar-refractivity contribution is 7.80. The van der Waals surface area contributed by atoms with Crippen molar-refractivity contribution >= 4 is 28.7 Å². The lowest BCUT2D eigenvalue weighted by atomic mass is 10.1. The fourth-order valence-electron chi connectivity index (χ4n) is 2.39. The van der Waals surface area contributed by atoms with Crippen molar-refractivity contribution in [3.63, 3.8) is 0 Å². The van der Waals surface area contributed by atoms with Crippen molar-refractivity contribution in [3.8, 4) is 0 Å². The van der Waals surface area contributed by atoms with Crippen LogP contribution >= 0.6 is 12.2 Å². The van der Waals surface area contributed by atoms with Crippen LogP contribution in [0.4, 0.5) is 15.8 Å². The summed E-state index contributed by atoms with van der Waals surface area (Å²) >= 11 is 5.33. The second-order valence-corrected chi connectivity index (χ2v) is 5.67. The van der Waals surface area contributed by atoms with Crippen molar-refractivity contribution in [2.75, 3.05) is 10.6 Å². The van der Waals surface area contributed by atoms with Gasteiger partial charge < -0.3 is 10.6 Å². The Morgan fingerprint density at radius 1 is 1.00 bits per heavy atom. The summed E-state index contributed by atoms with van der Waals surface area (Å²) in [6.07, 6.45) is 0. The van der Waals surface area contributed by atoms with Crippen molar-refractivity contribution in [2.45, 2.75) is 27.7 Å². The van der Waals surface area contributed by atoms with Crippen LogP contribution in [-0.4, -0.2) is 5.11 Å². The summed E-state index contributed by atoms with van der Waals surface area (Å²) in [5, 5.41) is 6.70. The van der Waals surface area contributed by atoms with Gasteiger partial charge in [-0.05, 0) is 63.2 Å². The molecule has 0 spiro atoms. The van der Waals surface area contributed by atoms with E-state index in [1.807, 2.05) is 13.8 Å². The number of thiocarbonyl (C=S) groups is 1. The van der Waals surface area contributed by atoms with E-state index in [0.29, 0.717) is 16.4 Å². The molecule has 0 heterocycles.